The molecule has 1 N–H and O–H groups in total. The maximum Gasteiger partial charge on any atom is 0.0641 e. The van der Waals surface area contributed by atoms with Gasteiger partial charge >= 0.3 is 0 Å². The maximum absolute atomic E-state index is 5.77. The predicted molar refractivity (Wildman–Crippen MR) is 69.9 cm³/mol. The normalized spacial score (nSPS) is 43.2. The highest BCUT2D eigenvalue weighted by Crippen LogP contribution is 2.43. The first-order chi connectivity index (χ1) is 8.12. The standard InChI is InChI=1S/C15H25NO/c1-15(2)9-14(5-6-17-15)16-10-13-8-11-3-4-12(13)7-11/h3-4,11-14,16H,5-10H2,1-2H3. The van der Waals surface area contributed by atoms with Crippen LogP contribution in [0.5, 0.6) is 0 Å². The number of allylic oxidation sites excluding steroid dienone is 2. The molecule has 3 aliphatic rings. The Bertz CT molecular complexity index is 310. The topological polar surface area (TPSA) is 21.3 Å². The van der Waals surface area contributed by atoms with Crippen LogP contribution in [-0.4, -0.2) is 24.8 Å². The molecule has 2 heteroatoms. The molecule has 1 saturated heterocycles. The number of ether oxygens (including phenoxy) is 1. The molecule has 96 valence electrons. The van der Waals surface area contributed by atoms with E-state index in [1.807, 2.05) is 0 Å². The second-order valence-electron chi connectivity index (χ2n) is 6.75. The fourth-order valence-electron chi connectivity index (χ4n) is 3.85. The van der Waals surface area contributed by atoms with Gasteiger partial charge in [-0.05, 0) is 63.8 Å². The average Bonchev–Trinajstić information content (AvgIpc) is 2.86. The summed E-state index contributed by atoms with van der Waals surface area (Å²) in [5.41, 5.74) is 0.0739. The highest BCUT2D eigenvalue weighted by atomic mass is 16.5. The zero-order valence-electron chi connectivity index (χ0n) is 11.1. The third-order valence-corrected chi connectivity index (χ3v) is 4.78. The summed E-state index contributed by atoms with van der Waals surface area (Å²) < 4.78 is 5.77. The summed E-state index contributed by atoms with van der Waals surface area (Å²) in [4.78, 5) is 0. The van der Waals surface area contributed by atoms with Crippen molar-refractivity contribution in [2.24, 2.45) is 17.8 Å². The van der Waals surface area contributed by atoms with Crippen molar-refractivity contribution in [2.75, 3.05) is 13.2 Å². The lowest BCUT2D eigenvalue weighted by atomic mass is 9.91. The van der Waals surface area contributed by atoms with E-state index in [0.717, 1.165) is 30.8 Å². The molecule has 17 heavy (non-hydrogen) atoms. The van der Waals surface area contributed by atoms with E-state index in [0.29, 0.717) is 6.04 Å². The summed E-state index contributed by atoms with van der Waals surface area (Å²) in [5, 5.41) is 3.79. The van der Waals surface area contributed by atoms with Gasteiger partial charge in [-0.1, -0.05) is 12.2 Å². The highest BCUT2D eigenvalue weighted by molar-refractivity contribution is 5.10. The summed E-state index contributed by atoms with van der Waals surface area (Å²) in [6.45, 7) is 6.55. The molecule has 0 spiro atoms. The Morgan fingerprint density at radius 3 is 2.82 bits per heavy atom. The van der Waals surface area contributed by atoms with E-state index >= 15 is 0 Å². The van der Waals surface area contributed by atoms with Gasteiger partial charge in [-0.3, -0.25) is 0 Å². The second kappa shape index (κ2) is 4.40. The van der Waals surface area contributed by atoms with Crippen molar-refractivity contribution in [1.82, 2.24) is 5.32 Å². The highest BCUT2D eigenvalue weighted by Gasteiger charge is 2.36. The molecule has 1 heterocycles. The van der Waals surface area contributed by atoms with Crippen LogP contribution in [-0.2, 0) is 4.74 Å². The summed E-state index contributed by atoms with van der Waals surface area (Å²) in [5.74, 6) is 2.68. The SMILES string of the molecule is CC1(C)CC(NCC2CC3C=CC2C3)CCO1. The molecule has 0 radical (unpaired) electrons. The van der Waals surface area contributed by atoms with Crippen LogP contribution in [0.3, 0.4) is 0 Å². The van der Waals surface area contributed by atoms with Crippen LogP contribution < -0.4 is 5.32 Å². The molecule has 0 aromatic heterocycles. The largest absolute Gasteiger partial charge is 0.375 e. The van der Waals surface area contributed by atoms with Crippen LogP contribution in [0.1, 0.15) is 39.5 Å². The Labute approximate surface area is 105 Å². The number of hydrogen-bond acceptors (Lipinski definition) is 2. The first-order valence-electron chi connectivity index (χ1n) is 7.18. The smallest absolute Gasteiger partial charge is 0.0641 e. The summed E-state index contributed by atoms with van der Waals surface area (Å²) in [7, 11) is 0. The van der Waals surface area contributed by atoms with Crippen LogP contribution in [0.25, 0.3) is 0 Å². The number of rotatable bonds is 3. The Hall–Kier alpha value is -0.340. The van der Waals surface area contributed by atoms with Gasteiger partial charge in [0.05, 0.1) is 5.60 Å². The summed E-state index contributed by atoms with van der Waals surface area (Å²) >= 11 is 0. The average molecular weight is 235 g/mol. The minimum Gasteiger partial charge on any atom is -0.375 e. The van der Waals surface area contributed by atoms with E-state index in [9.17, 15) is 0 Å². The van der Waals surface area contributed by atoms with Crippen LogP contribution >= 0.6 is 0 Å². The van der Waals surface area contributed by atoms with Gasteiger partial charge in [0.1, 0.15) is 0 Å². The predicted octanol–water partition coefficient (Wildman–Crippen LogP) is 2.75. The van der Waals surface area contributed by atoms with Crippen molar-refractivity contribution in [3.8, 4) is 0 Å². The van der Waals surface area contributed by atoms with E-state index < -0.39 is 0 Å². The fourth-order valence-corrected chi connectivity index (χ4v) is 3.85. The van der Waals surface area contributed by atoms with Crippen molar-refractivity contribution in [1.29, 1.82) is 0 Å². The van der Waals surface area contributed by atoms with Crippen molar-refractivity contribution in [3.63, 3.8) is 0 Å². The molecule has 2 fully saturated rings. The van der Waals surface area contributed by atoms with Gasteiger partial charge in [0.15, 0.2) is 0 Å². The molecule has 3 rings (SSSR count). The zero-order valence-corrected chi connectivity index (χ0v) is 11.1. The summed E-state index contributed by atoms with van der Waals surface area (Å²) in [6, 6.07) is 0.668. The second-order valence-corrected chi connectivity index (χ2v) is 6.75. The number of nitrogens with one attached hydrogen (secondary N) is 1. The first-order valence-corrected chi connectivity index (χ1v) is 7.18. The third-order valence-electron chi connectivity index (χ3n) is 4.78. The maximum atomic E-state index is 5.77. The van der Waals surface area contributed by atoms with Crippen molar-refractivity contribution in [3.05, 3.63) is 12.2 Å². The molecule has 0 aromatic carbocycles. The van der Waals surface area contributed by atoms with Crippen LogP contribution in [0, 0.1) is 17.8 Å². The molecule has 1 saturated carbocycles. The van der Waals surface area contributed by atoms with E-state index in [4.69, 9.17) is 4.74 Å². The molecule has 0 aromatic rings. The molecule has 2 nitrogen and oxygen atoms in total. The Balaban J connectivity index is 1.47. The fraction of sp³-hybridized carbons (Fsp3) is 0.867. The van der Waals surface area contributed by atoms with Gasteiger partial charge in [0.2, 0.25) is 0 Å². The van der Waals surface area contributed by atoms with Gasteiger partial charge < -0.3 is 10.1 Å². The molecule has 4 atom stereocenters. The summed E-state index contributed by atoms with van der Waals surface area (Å²) in [6.07, 6.45) is 10.1. The van der Waals surface area contributed by atoms with Crippen LogP contribution in [0.4, 0.5) is 0 Å². The van der Waals surface area contributed by atoms with E-state index in [1.54, 1.807) is 0 Å². The molecular formula is C15H25NO. The van der Waals surface area contributed by atoms with E-state index in [1.165, 1.54) is 25.8 Å². The molecule has 0 amide bonds. The lowest BCUT2D eigenvalue weighted by Gasteiger charge is -2.36. The van der Waals surface area contributed by atoms with Gasteiger partial charge in [-0.2, -0.15) is 0 Å². The lowest BCUT2D eigenvalue weighted by Crippen LogP contribution is -2.45. The van der Waals surface area contributed by atoms with Crippen LogP contribution in [0.2, 0.25) is 0 Å². The first kappa shape index (κ1) is 11.7. The van der Waals surface area contributed by atoms with E-state index in [-0.39, 0.29) is 5.60 Å². The van der Waals surface area contributed by atoms with Gasteiger partial charge in [-0.25, -0.2) is 0 Å². The van der Waals surface area contributed by atoms with Crippen molar-refractivity contribution >= 4 is 0 Å². The van der Waals surface area contributed by atoms with Crippen LogP contribution in [0.15, 0.2) is 12.2 Å². The molecular weight excluding hydrogens is 210 g/mol. The van der Waals surface area contributed by atoms with Crippen molar-refractivity contribution < 1.29 is 4.74 Å². The minimum absolute atomic E-state index is 0.0739. The lowest BCUT2D eigenvalue weighted by molar-refractivity contribution is -0.0632. The van der Waals surface area contributed by atoms with E-state index in [2.05, 4.69) is 31.3 Å². The number of fused-ring (bicyclic) bond motifs is 2. The zero-order chi connectivity index (χ0) is 11.9. The molecule has 1 aliphatic heterocycles. The third kappa shape index (κ3) is 2.58. The van der Waals surface area contributed by atoms with Gasteiger partial charge in [-0.15, -0.1) is 0 Å². The minimum atomic E-state index is 0.0739. The molecule has 2 bridgehead atoms. The van der Waals surface area contributed by atoms with Gasteiger partial charge in [0.25, 0.3) is 0 Å². The Morgan fingerprint density at radius 1 is 1.29 bits per heavy atom. The van der Waals surface area contributed by atoms with Gasteiger partial charge in [0, 0.05) is 12.6 Å². The Kier molecular flexibility index (Phi) is 3.04. The molecule has 2 aliphatic carbocycles. The quantitative estimate of drug-likeness (QED) is 0.760. The monoisotopic (exact) mass is 235 g/mol. The number of hydrogen-bond donors (Lipinski definition) is 1. The molecule has 4 unspecified atom stereocenters. The Morgan fingerprint density at radius 2 is 2.18 bits per heavy atom. The van der Waals surface area contributed by atoms with Crippen molar-refractivity contribution in [2.45, 2.75) is 51.2 Å².